The van der Waals surface area contributed by atoms with E-state index in [9.17, 15) is 14.7 Å². The van der Waals surface area contributed by atoms with E-state index in [0.717, 1.165) is 0 Å². The quantitative estimate of drug-likeness (QED) is 0.674. The SMILES string of the molecule is Cn1cccc1C(=O)NCC(C)(O)CC(=O)O. The summed E-state index contributed by atoms with van der Waals surface area (Å²) in [6.07, 6.45) is 1.31. The van der Waals surface area contributed by atoms with Crippen molar-refractivity contribution < 1.29 is 19.8 Å². The fraction of sp³-hybridized carbons (Fsp3) is 0.455. The molecule has 0 aliphatic rings. The molecule has 1 aromatic heterocycles. The average Bonchev–Trinajstić information content (AvgIpc) is 2.59. The standard InChI is InChI=1S/C11H16N2O4/c1-11(17,6-9(14)15)7-12-10(16)8-4-3-5-13(8)2/h3-5,17H,6-7H2,1-2H3,(H,12,16)(H,14,15). The van der Waals surface area contributed by atoms with Gasteiger partial charge in [-0.05, 0) is 19.1 Å². The molecule has 1 rings (SSSR count). The Morgan fingerprint density at radius 1 is 1.53 bits per heavy atom. The third-order valence-corrected chi connectivity index (χ3v) is 2.34. The number of aryl methyl sites for hydroxylation is 1. The van der Waals surface area contributed by atoms with Crippen molar-refractivity contribution in [3.8, 4) is 0 Å². The first-order valence-electron chi connectivity index (χ1n) is 5.15. The Morgan fingerprint density at radius 2 is 2.18 bits per heavy atom. The first-order chi connectivity index (χ1) is 7.82. The van der Waals surface area contributed by atoms with Crippen LogP contribution in [0, 0.1) is 0 Å². The van der Waals surface area contributed by atoms with Crippen molar-refractivity contribution in [3.05, 3.63) is 24.0 Å². The van der Waals surface area contributed by atoms with Gasteiger partial charge >= 0.3 is 5.97 Å². The zero-order valence-electron chi connectivity index (χ0n) is 9.80. The smallest absolute Gasteiger partial charge is 0.306 e. The van der Waals surface area contributed by atoms with Crippen LogP contribution in [0.15, 0.2) is 18.3 Å². The highest BCUT2D eigenvalue weighted by molar-refractivity contribution is 5.92. The molecule has 0 saturated carbocycles. The summed E-state index contributed by atoms with van der Waals surface area (Å²) < 4.78 is 1.64. The Hall–Kier alpha value is -1.82. The molecule has 6 heteroatoms. The minimum absolute atomic E-state index is 0.108. The fourth-order valence-corrected chi connectivity index (χ4v) is 1.45. The second-order valence-corrected chi connectivity index (χ2v) is 4.25. The van der Waals surface area contributed by atoms with Crippen LogP contribution >= 0.6 is 0 Å². The highest BCUT2D eigenvalue weighted by Gasteiger charge is 2.25. The van der Waals surface area contributed by atoms with Gasteiger partial charge in [0.2, 0.25) is 0 Å². The van der Waals surface area contributed by atoms with Crippen LogP contribution in [0.25, 0.3) is 0 Å². The summed E-state index contributed by atoms with van der Waals surface area (Å²) in [6.45, 7) is 1.26. The Balaban J connectivity index is 2.54. The number of carboxylic acids is 1. The number of hydrogen-bond acceptors (Lipinski definition) is 3. The van der Waals surface area contributed by atoms with E-state index in [1.54, 1.807) is 29.9 Å². The highest BCUT2D eigenvalue weighted by Crippen LogP contribution is 2.08. The van der Waals surface area contributed by atoms with Crippen molar-refractivity contribution in [2.45, 2.75) is 18.9 Å². The lowest BCUT2D eigenvalue weighted by Gasteiger charge is -2.21. The Kier molecular flexibility index (Phi) is 3.90. The van der Waals surface area contributed by atoms with Gasteiger partial charge in [-0.2, -0.15) is 0 Å². The molecule has 0 saturated heterocycles. The van der Waals surface area contributed by atoms with Gasteiger partial charge in [-0.25, -0.2) is 0 Å². The van der Waals surface area contributed by atoms with E-state index >= 15 is 0 Å². The maximum atomic E-state index is 11.7. The zero-order valence-corrected chi connectivity index (χ0v) is 9.80. The fourth-order valence-electron chi connectivity index (χ4n) is 1.45. The first kappa shape index (κ1) is 13.2. The van der Waals surface area contributed by atoms with Crippen LogP contribution in [-0.2, 0) is 11.8 Å². The molecule has 0 aromatic carbocycles. The number of carbonyl (C=O) groups is 2. The van der Waals surface area contributed by atoms with Gasteiger partial charge in [-0.15, -0.1) is 0 Å². The minimum Gasteiger partial charge on any atom is -0.481 e. The number of nitrogens with one attached hydrogen (secondary N) is 1. The predicted octanol–water partition coefficient (Wildman–Crippen LogP) is -0.0194. The maximum Gasteiger partial charge on any atom is 0.306 e. The summed E-state index contributed by atoms with van der Waals surface area (Å²) in [4.78, 5) is 22.1. The van der Waals surface area contributed by atoms with Gasteiger partial charge in [-0.1, -0.05) is 0 Å². The molecule has 17 heavy (non-hydrogen) atoms. The molecule has 0 bridgehead atoms. The summed E-state index contributed by atoms with van der Waals surface area (Å²) in [6, 6.07) is 3.37. The van der Waals surface area contributed by atoms with Gasteiger partial charge in [0.05, 0.1) is 12.0 Å². The number of rotatable bonds is 5. The molecule has 1 atom stereocenters. The summed E-state index contributed by atoms with van der Waals surface area (Å²) in [5.74, 6) is -1.45. The highest BCUT2D eigenvalue weighted by atomic mass is 16.4. The summed E-state index contributed by atoms with van der Waals surface area (Å²) in [5, 5.41) is 20.8. The first-order valence-corrected chi connectivity index (χ1v) is 5.15. The van der Waals surface area contributed by atoms with Gasteiger partial charge < -0.3 is 20.1 Å². The molecular weight excluding hydrogens is 224 g/mol. The van der Waals surface area contributed by atoms with E-state index in [0.29, 0.717) is 5.69 Å². The van der Waals surface area contributed by atoms with E-state index in [4.69, 9.17) is 5.11 Å². The normalized spacial score (nSPS) is 14.1. The lowest BCUT2D eigenvalue weighted by Crippen LogP contribution is -2.42. The summed E-state index contributed by atoms with van der Waals surface area (Å²) >= 11 is 0. The van der Waals surface area contributed by atoms with Crippen LogP contribution in [-0.4, -0.2) is 38.8 Å². The van der Waals surface area contributed by atoms with Crippen molar-refractivity contribution in [3.63, 3.8) is 0 Å². The molecule has 0 fully saturated rings. The van der Waals surface area contributed by atoms with E-state index in [1.165, 1.54) is 6.92 Å². The number of carbonyl (C=O) groups excluding carboxylic acids is 1. The van der Waals surface area contributed by atoms with Crippen LogP contribution in [0.4, 0.5) is 0 Å². The van der Waals surface area contributed by atoms with Gasteiger partial charge in [-0.3, -0.25) is 9.59 Å². The van der Waals surface area contributed by atoms with E-state index < -0.39 is 18.0 Å². The number of amides is 1. The largest absolute Gasteiger partial charge is 0.481 e. The van der Waals surface area contributed by atoms with Crippen LogP contribution in [0.1, 0.15) is 23.8 Å². The minimum atomic E-state index is -1.45. The molecule has 0 aliphatic heterocycles. The van der Waals surface area contributed by atoms with Crippen molar-refractivity contribution in [2.75, 3.05) is 6.54 Å². The molecule has 94 valence electrons. The topological polar surface area (TPSA) is 91.6 Å². The molecule has 6 nitrogen and oxygen atoms in total. The van der Waals surface area contributed by atoms with Gasteiger partial charge in [0.1, 0.15) is 5.69 Å². The molecule has 1 amide bonds. The Morgan fingerprint density at radius 3 is 2.65 bits per heavy atom. The monoisotopic (exact) mass is 240 g/mol. The maximum absolute atomic E-state index is 11.7. The third-order valence-electron chi connectivity index (χ3n) is 2.34. The van der Waals surface area contributed by atoms with E-state index in [-0.39, 0.29) is 12.5 Å². The number of carboxylic acid groups (broad SMARTS) is 1. The lowest BCUT2D eigenvalue weighted by molar-refractivity contribution is -0.141. The number of aliphatic hydroxyl groups is 1. The van der Waals surface area contributed by atoms with Gasteiger partial charge in [0.15, 0.2) is 0 Å². The van der Waals surface area contributed by atoms with Crippen molar-refractivity contribution in [1.29, 1.82) is 0 Å². The van der Waals surface area contributed by atoms with Crippen molar-refractivity contribution >= 4 is 11.9 Å². The third kappa shape index (κ3) is 3.92. The van der Waals surface area contributed by atoms with Gasteiger partial charge in [0, 0.05) is 19.8 Å². The zero-order chi connectivity index (χ0) is 13.1. The van der Waals surface area contributed by atoms with Crippen LogP contribution in [0.2, 0.25) is 0 Å². The molecule has 1 unspecified atom stereocenters. The van der Waals surface area contributed by atoms with Gasteiger partial charge in [0.25, 0.3) is 5.91 Å². The van der Waals surface area contributed by atoms with Crippen molar-refractivity contribution in [1.82, 2.24) is 9.88 Å². The second kappa shape index (κ2) is 5.01. The second-order valence-electron chi connectivity index (χ2n) is 4.25. The van der Waals surface area contributed by atoms with E-state index in [2.05, 4.69) is 5.32 Å². The number of hydrogen-bond donors (Lipinski definition) is 3. The molecular formula is C11H16N2O4. The molecule has 1 aromatic rings. The number of aliphatic carboxylic acids is 1. The summed E-state index contributed by atoms with van der Waals surface area (Å²) in [7, 11) is 1.73. The van der Waals surface area contributed by atoms with Crippen LogP contribution in [0.5, 0.6) is 0 Å². The van der Waals surface area contributed by atoms with Crippen molar-refractivity contribution in [2.24, 2.45) is 7.05 Å². The lowest BCUT2D eigenvalue weighted by atomic mass is 10.0. The molecule has 0 aliphatic carbocycles. The van der Waals surface area contributed by atoms with Crippen LogP contribution in [0.3, 0.4) is 0 Å². The Bertz CT molecular complexity index is 423. The summed E-state index contributed by atoms with van der Waals surface area (Å²) in [5.41, 5.74) is -0.997. The predicted molar refractivity (Wildman–Crippen MR) is 60.6 cm³/mol. The molecule has 3 N–H and O–H groups in total. The molecule has 0 spiro atoms. The average molecular weight is 240 g/mol. The molecule has 0 radical (unpaired) electrons. The molecule has 1 heterocycles. The number of nitrogens with zero attached hydrogens (tertiary/aromatic N) is 1. The van der Waals surface area contributed by atoms with E-state index in [1.807, 2.05) is 0 Å². The number of aromatic nitrogens is 1. The van der Waals surface area contributed by atoms with Crippen LogP contribution < -0.4 is 5.32 Å². The Labute approximate surface area is 98.9 Å².